The van der Waals surface area contributed by atoms with E-state index in [0.29, 0.717) is 11.5 Å². The lowest BCUT2D eigenvalue weighted by Gasteiger charge is -2.20. The van der Waals surface area contributed by atoms with E-state index in [-0.39, 0.29) is 48.5 Å². The highest BCUT2D eigenvalue weighted by molar-refractivity contribution is 6.06. The molecule has 1 amide bonds. The third-order valence-corrected chi connectivity index (χ3v) is 3.98. The number of aryl methyl sites for hydroxylation is 1. The number of carbonyl (C=O) groups is 1. The van der Waals surface area contributed by atoms with Gasteiger partial charge in [0.2, 0.25) is 5.71 Å². The fraction of sp³-hybridized carbons (Fsp3) is 0.278. The molecule has 0 aliphatic carbocycles. The zero-order valence-electron chi connectivity index (χ0n) is 14.3. The first-order chi connectivity index (χ1) is 12.6. The van der Waals surface area contributed by atoms with Gasteiger partial charge in [-0.3, -0.25) is 14.2 Å². The van der Waals surface area contributed by atoms with Crippen LogP contribution in [0.15, 0.2) is 51.0 Å². The SMILES string of the molecule is C=CCn1cnc2oc(C)c(C(=O)N(CCO)Cc3ccco3)c2c1=O. The van der Waals surface area contributed by atoms with Crippen molar-refractivity contribution in [2.24, 2.45) is 0 Å². The zero-order chi connectivity index (χ0) is 18.7. The molecule has 3 aromatic rings. The normalized spacial score (nSPS) is 11.0. The molecule has 8 nitrogen and oxygen atoms in total. The van der Waals surface area contributed by atoms with E-state index in [1.54, 1.807) is 25.1 Å². The van der Waals surface area contributed by atoms with E-state index in [1.807, 2.05) is 0 Å². The highest BCUT2D eigenvalue weighted by atomic mass is 16.3. The number of amides is 1. The molecule has 0 aliphatic heterocycles. The molecule has 0 aliphatic rings. The van der Waals surface area contributed by atoms with E-state index in [1.165, 1.54) is 22.1 Å². The highest BCUT2D eigenvalue weighted by Gasteiger charge is 2.27. The smallest absolute Gasteiger partial charge is 0.265 e. The maximum absolute atomic E-state index is 13.1. The molecule has 3 aromatic heterocycles. The molecule has 0 unspecified atom stereocenters. The maximum atomic E-state index is 13.1. The van der Waals surface area contributed by atoms with Gasteiger partial charge in [0.25, 0.3) is 11.5 Å². The van der Waals surface area contributed by atoms with Crippen LogP contribution in [0.5, 0.6) is 0 Å². The molecule has 0 bridgehead atoms. The minimum Gasteiger partial charge on any atom is -0.467 e. The predicted octanol–water partition coefficient (Wildman–Crippen LogP) is 1.71. The van der Waals surface area contributed by atoms with Crippen LogP contribution in [0.3, 0.4) is 0 Å². The fourth-order valence-corrected chi connectivity index (χ4v) is 2.79. The summed E-state index contributed by atoms with van der Waals surface area (Å²) in [4.78, 5) is 31.3. The van der Waals surface area contributed by atoms with Gasteiger partial charge in [-0.05, 0) is 19.1 Å². The number of hydrogen-bond acceptors (Lipinski definition) is 6. The van der Waals surface area contributed by atoms with Crippen molar-refractivity contribution in [2.75, 3.05) is 13.2 Å². The molecule has 1 N–H and O–H groups in total. The van der Waals surface area contributed by atoms with Crippen LogP contribution in [0.1, 0.15) is 21.9 Å². The largest absolute Gasteiger partial charge is 0.467 e. The molecule has 0 fully saturated rings. The first kappa shape index (κ1) is 17.7. The lowest BCUT2D eigenvalue weighted by Crippen LogP contribution is -2.34. The number of aromatic nitrogens is 2. The van der Waals surface area contributed by atoms with Crippen molar-refractivity contribution >= 4 is 17.0 Å². The Kier molecular flexibility index (Phi) is 5.04. The van der Waals surface area contributed by atoms with Crippen molar-refractivity contribution in [2.45, 2.75) is 20.0 Å². The second-order valence-electron chi connectivity index (χ2n) is 5.73. The van der Waals surface area contributed by atoms with Crippen molar-refractivity contribution in [3.8, 4) is 0 Å². The van der Waals surface area contributed by atoms with Gasteiger partial charge in [-0.1, -0.05) is 6.08 Å². The summed E-state index contributed by atoms with van der Waals surface area (Å²) < 4.78 is 12.1. The van der Waals surface area contributed by atoms with Gasteiger partial charge in [-0.15, -0.1) is 6.58 Å². The molecule has 0 radical (unpaired) electrons. The highest BCUT2D eigenvalue weighted by Crippen LogP contribution is 2.23. The molecule has 3 heterocycles. The summed E-state index contributed by atoms with van der Waals surface area (Å²) in [5.74, 6) is 0.440. The minimum absolute atomic E-state index is 0.0900. The molecule has 0 aromatic carbocycles. The van der Waals surface area contributed by atoms with E-state index in [9.17, 15) is 14.7 Å². The minimum atomic E-state index is -0.429. The quantitative estimate of drug-likeness (QED) is 0.646. The number of furan rings is 2. The lowest BCUT2D eigenvalue weighted by molar-refractivity contribution is 0.0694. The van der Waals surface area contributed by atoms with Crippen LogP contribution in [0, 0.1) is 6.92 Å². The van der Waals surface area contributed by atoms with Crippen LogP contribution in [0.25, 0.3) is 11.1 Å². The average Bonchev–Trinajstić information content (AvgIpc) is 3.24. The molecular weight excluding hydrogens is 338 g/mol. The molecule has 0 atom stereocenters. The standard InChI is InChI=1S/C18H19N3O5/c1-3-6-21-11-19-16-15(18(21)24)14(12(2)26-16)17(23)20(7-8-22)10-13-5-4-9-25-13/h3-5,9,11,22H,1,6-8,10H2,2H3. The lowest BCUT2D eigenvalue weighted by atomic mass is 10.1. The average molecular weight is 357 g/mol. The van der Waals surface area contributed by atoms with Crippen LogP contribution in [-0.4, -0.2) is 38.6 Å². The van der Waals surface area contributed by atoms with Crippen LogP contribution < -0.4 is 5.56 Å². The second-order valence-corrected chi connectivity index (χ2v) is 5.73. The number of rotatable bonds is 7. The van der Waals surface area contributed by atoms with Gasteiger partial charge in [-0.25, -0.2) is 4.98 Å². The number of aliphatic hydroxyl groups is 1. The summed E-state index contributed by atoms with van der Waals surface area (Å²) >= 11 is 0. The predicted molar refractivity (Wildman–Crippen MR) is 93.7 cm³/mol. The molecule has 136 valence electrons. The van der Waals surface area contributed by atoms with E-state index in [4.69, 9.17) is 8.83 Å². The Labute approximate surface area is 149 Å². The summed E-state index contributed by atoms with van der Waals surface area (Å²) in [5.41, 5.74) is -0.119. The third kappa shape index (κ3) is 3.18. The Hall–Kier alpha value is -3.13. The first-order valence-corrected chi connectivity index (χ1v) is 8.08. The van der Waals surface area contributed by atoms with E-state index in [0.717, 1.165) is 0 Å². The number of nitrogens with zero attached hydrogens (tertiary/aromatic N) is 3. The van der Waals surface area contributed by atoms with E-state index < -0.39 is 5.91 Å². The number of carbonyl (C=O) groups excluding carboxylic acids is 1. The monoisotopic (exact) mass is 357 g/mol. The molecule has 26 heavy (non-hydrogen) atoms. The molecule has 0 saturated carbocycles. The topological polar surface area (TPSA) is 102 Å². The third-order valence-electron chi connectivity index (χ3n) is 3.98. The Bertz CT molecular complexity index is 984. The summed E-state index contributed by atoms with van der Waals surface area (Å²) in [6, 6.07) is 3.45. The van der Waals surface area contributed by atoms with Gasteiger partial charge in [0.05, 0.1) is 25.0 Å². The molecule has 8 heteroatoms. The number of aliphatic hydroxyl groups excluding tert-OH is 1. The van der Waals surface area contributed by atoms with Crippen molar-refractivity contribution in [3.63, 3.8) is 0 Å². The second kappa shape index (κ2) is 7.40. The van der Waals surface area contributed by atoms with E-state index >= 15 is 0 Å². The molecular formula is C18H19N3O5. The number of allylic oxidation sites excluding steroid dienone is 1. The summed E-state index contributed by atoms with van der Waals surface area (Å²) in [7, 11) is 0. The zero-order valence-corrected chi connectivity index (χ0v) is 14.3. The number of fused-ring (bicyclic) bond motifs is 1. The summed E-state index contributed by atoms with van der Waals surface area (Å²) in [6.07, 6.45) is 4.43. The number of hydrogen-bond donors (Lipinski definition) is 1. The van der Waals surface area contributed by atoms with Crippen molar-refractivity contribution in [3.05, 3.63) is 64.8 Å². The Morgan fingerprint density at radius 1 is 1.50 bits per heavy atom. The Morgan fingerprint density at radius 2 is 2.31 bits per heavy atom. The van der Waals surface area contributed by atoms with Gasteiger partial charge in [0.15, 0.2) is 0 Å². The maximum Gasteiger partial charge on any atom is 0.265 e. The Balaban J connectivity index is 2.08. The van der Waals surface area contributed by atoms with E-state index in [2.05, 4.69) is 11.6 Å². The van der Waals surface area contributed by atoms with Crippen LogP contribution in [0.4, 0.5) is 0 Å². The van der Waals surface area contributed by atoms with Gasteiger partial charge in [0.1, 0.15) is 23.2 Å². The van der Waals surface area contributed by atoms with Crippen molar-refractivity contribution < 1.29 is 18.7 Å². The Morgan fingerprint density at radius 3 is 2.96 bits per heavy atom. The first-order valence-electron chi connectivity index (χ1n) is 8.08. The molecule has 3 rings (SSSR count). The van der Waals surface area contributed by atoms with Gasteiger partial charge >= 0.3 is 0 Å². The van der Waals surface area contributed by atoms with Gasteiger partial charge in [0, 0.05) is 13.1 Å². The van der Waals surface area contributed by atoms with Crippen molar-refractivity contribution in [1.82, 2.24) is 14.5 Å². The summed E-state index contributed by atoms with van der Waals surface area (Å²) in [5, 5.41) is 9.45. The van der Waals surface area contributed by atoms with Crippen molar-refractivity contribution in [1.29, 1.82) is 0 Å². The molecule has 0 saturated heterocycles. The van der Waals surface area contributed by atoms with Crippen LogP contribution in [0.2, 0.25) is 0 Å². The van der Waals surface area contributed by atoms with Gasteiger partial charge < -0.3 is 18.8 Å². The van der Waals surface area contributed by atoms with Crippen LogP contribution >= 0.6 is 0 Å². The van der Waals surface area contributed by atoms with Crippen LogP contribution in [-0.2, 0) is 13.1 Å². The fourth-order valence-electron chi connectivity index (χ4n) is 2.79. The van der Waals surface area contributed by atoms with Gasteiger partial charge in [-0.2, -0.15) is 0 Å². The summed E-state index contributed by atoms with van der Waals surface area (Å²) in [6.45, 7) is 5.52. The molecule has 0 spiro atoms.